The van der Waals surface area contributed by atoms with Gasteiger partial charge in [-0.25, -0.2) is 9.37 Å². The molecule has 2 heterocycles. The number of nitrogens with zero attached hydrogens (tertiary/aromatic N) is 3. The zero-order chi connectivity index (χ0) is 17.8. The van der Waals surface area contributed by atoms with Gasteiger partial charge < -0.3 is 15.4 Å². The molecule has 2 N–H and O–H groups in total. The van der Waals surface area contributed by atoms with Crippen LogP contribution in [0.2, 0.25) is 0 Å². The molecule has 1 aliphatic heterocycles. The van der Waals surface area contributed by atoms with Gasteiger partial charge in [0.15, 0.2) is 0 Å². The molecule has 0 aliphatic carbocycles. The quantitative estimate of drug-likeness (QED) is 0.892. The first kappa shape index (κ1) is 17.2. The molecular formula is C18H21FN4O2. The Morgan fingerprint density at radius 2 is 1.84 bits per heavy atom. The second-order valence-corrected chi connectivity index (χ2v) is 5.94. The summed E-state index contributed by atoms with van der Waals surface area (Å²) in [4.78, 5) is 20.5. The fourth-order valence-corrected chi connectivity index (χ4v) is 3.09. The van der Waals surface area contributed by atoms with Crippen LogP contribution in [0.3, 0.4) is 0 Å². The number of hydrogen-bond donors (Lipinski definition) is 1. The minimum Gasteiger partial charge on any atom is -0.495 e. The maximum Gasteiger partial charge on any atom is 0.239 e. The second kappa shape index (κ2) is 7.48. The zero-order valence-corrected chi connectivity index (χ0v) is 14.1. The van der Waals surface area contributed by atoms with E-state index in [0.717, 1.165) is 18.9 Å². The van der Waals surface area contributed by atoms with Gasteiger partial charge in [-0.1, -0.05) is 12.1 Å². The largest absolute Gasteiger partial charge is 0.495 e. The van der Waals surface area contributed by atoms with Crippen molar-refractivity contribution in [2.24, 2.45) is 5.73 Å². The van der Waals surface area contributed by atoms with E-state index in [2.05, 4.69) is 9.88 Å². The molecule has 1 aromatic heterocycles. The lowest BCUT2D eigenvalue weighted by molar-refractivity contribution is -0.123. The third-order valence-electron chi connectivity index (χ3n) is 4.42. The predicted molar refractivity (Wildman–Crippen MR) is 92.9 cm³/mol. The molecule has 6 nitrogen and oxygen atoms in total. The molecule has 1 aromatic carbocycles. The molecule has 1 fully saturated rings. The highest BCUT2D eigenvalue weighted by molar-refractivity contribution is 5.81. The molecule has 7 heteroatoms. The van der Waals surface area contributed by atoms with E-state index in [1.807, 2.05) is 17.0 Å². The number of aromatic nitrogens is 1. The van der Waals surface area contributed by atoms with E-state index in [0.29, 0.717) is 24.4 Å². The summed E-state index contributed by atoms with van der Waals surface area (Å²) in [6.45, 7) is 2.78. The predicted octanol–water partition coefficient (Wildman–Crippen LogP) is 1.58. The van der Waals surface area contributed by atoms with Gasteiger partial charge in [0, 0.05) is 26.2 Å². The Hall–Kier alpha value is -2.67. The Morgan fingerprint density at radius 3 is 2.36 bits per heavy atom. The van der Waals surface area contributed by atoms with E-state index in [4.69, 9.17) is 10.5 Å². The van der Waals surface area contributed by atoms with Crippen LogP contribution in [0.4, 0.5) is 10.2 Å². The van der Waals surface area contributed by atoms with Crippen molar-refractivity contribution in [2.45, 2.75) is 6.04 Å². The van der Waals surface area contributed by atoms with Crippen LogP contribution in [0.1, 0.15) is 11.6 Å². The Labute approximate surface area is 146 Å². The van der Waals surface area contributed by atoms with Crippen LogP contribution in [0.15, 0.2) is 42.6 Å². The highest BCUT2D eigenvalue weighted by Gasteiger charge is 2.29. The van der Waals surface area contributed by atoms with Crippen LogP contribution < -0.4 is 15.4 Å². The first-order valence-electron chi connectivity index (χ1n) is 8.12. The minimum absolute atomic E-state index is 0.331. The van der Waals surface area contributed by atoms with Crippen LogP contribution in [-0.4, -0.2) is 49.1 Å². The summed E-state index contributed by atoms with van der Waals surface area (Å²) >= 11 is 0. The Morgan fingerprint density at radius 1 is 1.16 bits per heavy atom. The fraction of sp³-hybridized carbons (Fsp3) is 0.333. The lowest BCUT2D eigenvalue weighted by atomic mass is 10.0. The summed E-state index contributed by atoms with van der Waals surface area (Å²) in [5, 5.41) is 0. The first-order valence-corrected chi connectivity index (χ1v) is 8.12. The van der Waals surface area contributed by atoms with Crippen LogP contribution in [0, 0.1) is 5.82 Å². The molecule has 25 heavy (non-hydrogen) atoms. The summed E-state index contributed by atoms with van der Waals surface area (Å²) < 4.78 is 18.3. The number of hydrogen-bond acceptors (Lipinski definition) is 5. The number of anilines is 1. The number of piperazine rings is 1. The first-order chi connectivity index (χ1) is 12.1. The normalized spacial score (nSPS) is 16.5. The highest BCUT2D eigenvalue weighted by atomic mass is 19.1. The topological polar surface area (TPSA) is 71.7 Å². The number of amides is 1. The third kappa shape index (κ3) is 3.88. The van der Waals surface area contributed by atoms with E-state index < -0.39 is 11.9 Å². The van der Waals surface area contributed by atoms with Crippen molar-refractivity contribution in [1.82, 2.24) is 9.88 Å². The number of methoxy groups -OCH3 is 1. The van der Waals surface area contributed by atoms with E-state index in [1.165, 1.54) is 12.1 Å². The lowest BCUT2D eigenvalue weighted by Crippen LogP contribution is -2.50. The van der Waals surface area contributed by atoms with Crippen molar-refractivity contribution in [1.29, 1.82) is 0 Å². The molecule has 1 unspecified atom stereocenters. The van der Waals surface area contributed by atoms with Gasteiger partial charge in [-0.3, -0.25) is 9.69 Å². The van der Waals surface area contributed by atoms with Crippen molar-refractivity contribution in [3.63, 3.8) is 0 Å². The molecule has 0 saturated carbocycles. The Bertz CT molecular complexity index is 713. The highest BCUT2D eigenvalue weighted by Crippen LogP contribution is 2.24. The lowest BCUT2D eigenvalue weighted by Gasteiger charge is -2.38. The zero-order valence-electron chi connectivity index (χ0n) is 14.1. The molecule has 1 aliphatic rings. The van der Waals surface area contributed by atoms with Crippen molar-refractivity contribution in [3.8, 4) is 5.75 Å². The molecule has 1 saturated heterocycles. The van der Waals surface area contributed by atoms with Crippen molar-refractivity contribution in [2.75, 3.05) is 38.2 Å². The van der Waals surface area contributed by atoms with Gasteiger partial charge in [-0.2, -0.15) is 0 Å². The number of pyridine rings is 1. The van der Waals surface area contributed by atoms with Gasteiger partial charge >= 0.3 is 0 Å². The van der Waals surface area contributed by atoms with Gasteiger partial charge in [0.05, 0.1) is 13.3 Å². The molecule has 2 aromatic rings. The smallest absolute Gasteiger partial charge is 0.239 e. The number of nitrogens with two attached hydrogens (primary N) is 1. The molecule has 3 rings (SSSR count). The minimum atomic E-state index is -0.549. The molecular weight excluding hydrogens is 323 g/mol. The van der Waals surface area contributed by atoms with Crippen LogP contribution in [0.5, 0.6) is 5.75 Å². The number of primary amides is 1. The van der Waals surface area contributed by atoms with E-state index in [9.17, 15) is 9.18 Å². The monoisotopic (exact) mass is 344 g/mol. The Kier molecular flexibility index (Phi) is 5.14. The average Bonchev–Trinajstić information content (AvgIpc) is 2.64. The summed E-state index contributed by atoms with van der Waals surface area (Å²) in [6.07, 6.45) is 1.69. The summed E-state index contributed by atoms with van der Waals surface area (Å²) in [5.74, 6) is 0.829. The fourth-order valence-electron chi connectivity index (χ4n) is 3.09. The summed E-state index contributed by atoms with van der Waals surface area (Å²) in [6, 6.07) is 9.17. The van der Waals surface area contributed by atoms with Crippen LogP contribution in [0.25, 0.3) is 0 Å². The van der Waals surface area contributed by atoms with Gasteiger partial charge in [-0.05, 0) is 29.8 Å². The third-order valence-corrected chi connectivity index (χ3v) is 4.42. The van der Waals surface area contributed by atoms with Gasteiger partial charge in [0.25, 0.3) is 0 Å². The number of halogens is 1. The maximum atomic E-state index is 13.1. The van der Waals surface area contributed by atoms with Crippen LogP contribution in [-0.2, 0) is 4.79 Å². The molecule has 0 spiro atoms. The van der Waals surface area contributed by atoms with Gasteiger partial charge in [-0.15, -0.1) is 0 Å². The summed E-state index contributed by atoms with van der Waals surface area (Å²) in [7, 11) is 1.61. The number of carbonyl (C=O) groups excluding carboxylic acids is 1. The molecule has 1 atom stereocenters. The van der Waals surface area contributed by atoms with Crippen molar-refractivity contribution >= 4 is 11.7 Å². The SMILES string of the molecule is COc1ccc(N2CCN(C(C(N)=O)c3ccc(F)cc3)CC2)nc1. The molecule has 0 bridgehead atoms. The van der Waals surface area contributed by atoms with Gasteiger partial charge in [0.1, 0.15) is 23.4 Å². The van der Waals surface area contributed by atoms with Crippen molar-refractivity contribution < 1.29 is 13.9 Å². The molecule has 1 amide bonds. The maximum absolute atomic E-state index is 13.1. The number of benzene rings is 1. The molecule has 132 valence electrons. The van der Waals surface area contributed by atoms with E-state index >= 15 is 0 Å². The van der Waals surface area contributed by atoms with Crippen LogP contribution >= 0.6 is 0 Å². The second-order valence-electron chi connectivity index (χ2n) is 5.94. The average molecular weight is 344 g/mol. The number of rotatable bonds is 5. The summed E-state index contributed by atoms with van der Waals surface area (Å²) in [5.41, 5.74) is 6.31. The number of carbonyl (C=O) groups is 1. The van der Waals surface area contributed by atoms with E-state index in [1.54, 1.807) is 25.4 Å². The molecule has 0 radical (unpaired) electrons. The van der Waals surface area contributed by atoms with Gasteiger partial charge in [0.2, 0.25) is 5.91 Å². The Balaban J connectivity index is 1.68. The van der Waals surface area contributed by atoms with Crippen molar-refractivity contribution in [3.05, 3.63) is 54.0 Å². The van der Waals surface area contributed by atoms with E-state index in [-0.39, 0.29) is 5.82 Å². The standard InChI is InChI=1S/C18H21FN4O2/c1-25-15-6-7-16(21-12-15)22-8-10-23(11-9-22)17(18(20)24)13-2-4-14(19)5-3-13/h2-7,12,17H,8-11H2,1H3,(H2,20,24). The number of ether oxygens (including phenoxy) is 1.